The molecule has 12 heavy (non-hydrogen) atoms. The Balaban J connectivity index is 2.17. The van der Waals surface area contributed by atoms with Gasteiger partial charge in [0, 0.05) is 6.04 Å². The third-order valence-corrected chi connectivity index (χ3v) is 2.43. The minimum absolute atomic E-state index is 0.405. The van der Waals surface area contributed by atoms with Gasteiger partial charge in [0.25, 0.3) is 0 Å². The molecule has 0 heterocycles. The van der Waals surface area contributed by atoms with Gasteiger partial charge in [-0.25, -0.2) is 0 Å². The van der Waals surface area contributed by atoms with Crippen molar-refractivity contribution in [1.29, 1.82) is 0 Å². The Labute approximate surface area is 79.1 Å². The number of thiocarbonyl (C=S) groups is 1. The average molecular weight is 182 g/mol. The number of terminal acetylenes is 1. The molecule has 1 atom stereocenters. The number of rotatable bonds is 2. The third kappa shape index (κ3) is 2.38. The minimum atomic E-state index is 0.405. The van der Waals surface area contributed by atoms with Crippen molar-refractivity contribution < 1.29 is 0 Å². The molecule has 0 amide bonds. The van der Waals surface area contributed by atoms with E-state index >= 15 is 0 Å². The summed E-state index contributed by atoms with van der Waals surface area (Å²) in [7, 11) is 0. The molecule has 0 aromatic heterocycles. The standard InChI is InChI=1S/C9H14N2S/c1-4-5-10-8(12)11-7-6-9(7,2)3/h1,7H,5-6H2,2-3H3,(H2,10,11,12). The van der Waals surface area contributed by atoms with Gasteiger partial charge >= 0.3 is 0 Å². The predicted molar refractivity (Wildman–Crippen MR) is 54.8 cm³/mol. The van der Waals surface area contributed by atoms with Crippen LogP contribution >= 0.6 is 12.2 Å². The van der Waals surface area contributed by atoms with E-state index in [1.165, 1.54) is 6.42 Å². The van der Waals surface area contributed by atoms with Crippen molar-refractivity contribution >= 4 is 17.3 Å². The second-order valence-corrected chi connectivity index (χ2v) is 4.18. The molecule has 0 aliphatic heterocycles. The summed E-state index contributed by atoms with van der Waals surface area (Å²) < 4.78 is 0. The highest BCUT2D eigenvalue weighted by Crippen LogP contribution is 2.44. The van der Waals surface area contributed by atoms with Crippen molar-refractivity contribution in [3.8, 4) is 12.3 Å². The van der Waals surface area contributed by atoms with Gasteiger partial charge in [-0.2, -0.15) is 0 Å². The molecule has 1 fully saturated rings. The molecule has 2 nitrogen and oxygen atoms in total. The summed E-state index contributed by atoms with van der Waals surface area (Å²) >= 11 is 5.02. The van der Waals surface area contributed by atoms with Gasteiger partial charge in [-0.05, 0) is 24.1 Å². The molecule has 1 unspecified atom stereocenters. The molecule has 3 heteroatoms. The average Bonchev–Trinajstić information content (AvgIpc) is 2.54. The van der Waals surface area contributed by atoms with Gasteiger partial charge in [-0.1, -0.05) is 19.8 Å². The third-order valence-electron chi connectivity index (χ3n) is 2.17. The lowest BCUT2D eigenvalue weighted by Crippen LogP contribution is -2.38. The first kappa shape index (κ1) is 9.34. The van der Waals surface area contributed by atoms with Crippen molar-refractivity contribution in [1.82, 2.24) is 10.6 Å². The first-order chi connectivity index (χ1) is 5.56. The van der Waals surface area contributed by atoms with Crippen LogP contribution in [0.25, 0.3) is 0 Å². The van der Waals surface area contributed by atoms with E-state index in [4.69, 9.17) is 18.6 Å². The van der Waals surface area contributed by atoms with Gasteiger partial charge in [0.15, 0.2) is 5.11 Å². The van der Waals surface area contributed by atoms with E-state index in [1.807, 2.05) is 0 Å². The zero-order chi connectivity index (χ0) is 9.19. The van der Waals surface area contributed by atoms with E-state index in [-0.39, 0.29) is 0 Å². The Bertz CT molecular complexity index is 227. The summed E-state index contributed by atoms with van der Waals surface area (Å²) in [4.78, 5) is 0. The lowest BCUT2D eigenvalue weighted by Gasteiger charge is -2.09. The van der Waals surface area contributed by atoms with Crippen LogP contribution in [0.4, 0.5) is 0 Å². The maximum atomic E-state index is 5.08. The molecule has 66 valence electrons. The maximum absolute atomic E-state index is 5.08. The first-order valence-electron chi connectivity index (χ1n) is 4.04. The second kappa shape index (κ2) is 3.32. The molecule has 0 bridgehead atoms. The number of hydrogen-bond donors (Lipinski definition) is 2. The predicted octanol–water partition coefficient (Wildman–Crippen LogP) is 0.882. The highest BCUT2D eigenvalue weighted by atomic mass is 32.1. The second-order valence-electron chi connectivity index (χ2n) is 3.78. The zero-order valence-corrected chi connectivity index (χ0v) is 8.29. The largest absolute Gasteiger partial charge is 0.359 e. The number of nitrogens with one attached hydrogen (secondary N) is 2. The van der Waals surface area contributed by atoms with Crippen molar-refractivity contribution in [2.24, 2.45) is 5.41 Å². The summed E-state index contributed by atoms with van der Waals surface area (Å²) in [5, 5.41) is 6.80. The van der Waals surface area contributed by atoms with Crippen LogP contribution in [-0.4, -0.2) is 17.7 Å². The fraction of sp³-hybridized carbons (Fsp3) is 0.667. The lowest BCUT2D eigenvalue weighted by molar-refractivity contribution is 0.593. The van der Waals surface area contributed by atoms with Crippen LogP contribution in [-0.2, 0) is 0 Å². The molecule has 1 rings (SSSR count). The Morgan fingerprint density at radius 1 is 1.75 bits per heavy atom. The van der Waals surface area contributed by atoms with Crippen LogP contribution < -0.4 is 10.6 Å². The van der Waals surface area contributed by atoms with E-state index in [0.717, 1.165) is 0 Å². The van der Waals surface area contributed by atoms with Gasteiger partial charge in [0.2, 0.25) is 0 Å². The maximum Gasteiger partial charge on any atom is 0.167 e. The van der Waals surface area contributed by atoms with E-state index in [2.05, 4.69) is 30.4 Å². The Hall–Kier alpha value is -0.750. The summed E-state index contributed by atoms with van der Waals surface area (Å²) in [5.74, 6) is 2.47. The molecular weight excluding hydrogens is 168 g/mol. The molecule has 1 aliphatic rings. The SMILES string of the molecule is C#CCNC(=S)NC1CC1(C)C. The summed E-state index contributed by atoms with van der Waals surface area (Å²) in [6.07, 6.45) is 6.26. The molecule has 0 saturated heterocycles. The van der Waals surface area contributed by atoms with Crippen molar-refractivity contribution in [2.75, 3.05) is 6.54 Å². The van der Waals surface area contributed by atoms with Crippen LogP contribution in [0.1, 0.15) is 20.3 Å². The van der Waals surface area contributed by atoms with Gasteiger partial charge < -0.3 is 10.6 Å². The summed E-state index contributed by atoms with van der Waals surface area (Å²) in [6, 6.07) is 0.523. The van der Waals surface area contributed by atoms with Gasteiger partial charge in [0.1, 0.15) is 0 Å². The molecule has 1 saturated carbocycles. The van der Waals surface area contributed by atoms with Crippen LogP contribution in [0.15, 0.2) is 0 Å². The van der Waals surface area contributed by atoms with Gasteiger partial charge in [-0.15, -0.1) is 6.42 Å². The highest BCUT2D eigenvalue weighted by Gasteiger charge is 2.45. The number of hydrogen-bond acceptors (Lipinski definition) is 1. The summed E-state index contributed by atoms with van der Waals surface area (Å²) in [6.45, 7) is 4.93. The molecule has 1 aliphatic carbocycles. The normalized spacial score (nSPS) is 23.9. The van der Waals surface area contributed by atoms with Crippen molar-refractivity contribution in [3.05, 3.63) is 0 Å². The Morgan fingerprint density at radius 3 is 2.75 bits per heavy atom. The van der Waals surface area contributed by atoms with Crippen LogP contribution in [0.3, 0.4) is 0 Å². The van der Waals surface area contributed by atoms with Crippen molar-refractivity contribution in [2.45, 2.75) is 26.3 Å². The smallest absolute Gasteiger partial charge is 0.167 e. The molecule has 0 aromatic rings. The quantitative estimate of drug-likeness (QED) is 0.490. The van der Waals surface area contributed by atoms with Crippen LogP contribution in [0.2, 0.25) is 0 Å². The monoisotopic (exact) mass is 182 g/mol. The Morgan fingerprint density at radius 2 is 2.33 bits per heavy atom. The van der Waals surface area contributed by atoms with Crippen LogP contribution in [0.5, 0.6) is 0 Å². The lowest BCUT2D eigenvalue weighted by atomic mass is 10.2. The first-order valence-corrected chi connectivity index (χ1v) is 4.45. The molecule has 0 radical (unpaired) electrons. The summed E-state index contributed by atoms with van der Waals surface area (Å²) in [5.41, 5.74) is 0.405. The van der Waals surface area contributed by atoms with Crippen molar-refractivity contribution in [3.63, 3.8) is 0 Å². The molecule has 0 spiro atoms. The van der Waals surface area contributed by atoms with E-state index in [9.17, 15) is 0 Å². The fourth-order valence-corrected chi connectivity index (χ4v) is 1.27. The van der Waals surface area contributed by atoms with E-state index in [0.29, 0.717) is 23.1 Å². The molecular formula is C9H14N2S. The van der Waals surface area contributed by atoms with Crippen LogP contribution in [0, 0.1) is 17.8 Å². The Kier molecular flexibility index (Phi) is 2.58. The molecule has 0 aromatic carbocycles. The van der Waals surface area contributed by atoms with E-state index in [1.54, 1.807) is 0 Å². The van der Waals surface area contributed by atoms with Gasteiger partial charge in [-0.3, -0.25) is 0 Å². The highest BCUT2D eigenvalue weighted by molar-refractivity contribution is 7.80. The topological polar surface area (TPSA) is 24.1 Å². The fourth-order valence-electron chi connectivity index (χ4n) is 1.05. The minimum Gasteiger partial charge on any atom is -0.359 e. The van der Waals surface area contributed by atoms with Gasteiger partial charge in [0.05, 0.1) is 6.54 Å². The molecule has 2 N–H and O–H groups in total. The van der Waals surface area contributed by atoms with E-state index < -0.39 is 0 Å². The zero-order valence-electron chi connectivity index (χ0n) is 7.48.